The predicted octanol–water partition coefficient (Wildman–Crippen LogP) is 4.77. The van der Waals surface area contributed by atoms with Crippen LogP contribution >= 0.6 is 0 Å². The molecule has 12 heteroatoms. The summed E-state index contributed by atoms with van der Waals surface area (Å²) in [5, 5.41) is 8.53. The number of halogens is 3. The largest absolute Gasteiger partial charge is 0.490 e. The molecule has 9 nitrogen and oxygen atoms in total. The zero-order chi connectivity index (χ0) is 29.1. The van der Waals surface area contributed by atoms with Crippen molar-refractivity contribution in [2.75, 3.05) is 23.8 Å². The average molecular weight is 557 g/mol. The van der Waals surface area contributed by atoms with Crippen LogP contribution in [0.5, 0.6) is 11.5 Å². The Labute approximate surface area is 228 Å². The summed E-state index contributed by atoms with van der Waals surface area (Å²) in [6, 6.07) is 16.2. The van der Waals surface area contributed by atoms with Crippen LogP contribution in [0, 0.1) is 0 Å². The van der Waals surface area contributed by atoms with E-state index in [0.29, 0.717) is 17.7 Å². The first-order chi connectivity index (χ1) is 19.1. The van der Waals surface area contributed by atoms with Crippen LogP contribution in [0.25, 0.3) is 0 Å². The number of rotatable bonds is 10. The van der Waals surface area contributed by atoms with E-state index in [1.165, 1.54) is 30.5 Å². The zero-order valence-corrected chi connectivity index (χ0v) is 21.7. The van der Waals surface area contributed by atoms with E-state index in [-0.39, 0.29) is 23.8 Å². The number of nitrogens with one attached hydrogen (secondary N) is 3. The van der Waals surface area contributed by atoms with Crippen LogP contribution in [-0.2, 0) is 27.0 Å². The predicted molar refractivity (Wildman–Crippen MR) is 143 cm³/mol. The van der Waals surface area contributed by atoms with Crippen molar-refractivity contribution in [3.05, 3.63) is 83.4 Å². The molecule has 0 aliphatic heterocycles. The summed E-state index contributed by atoms with van der Waals surface area (Å²) in [6.07, 6.45) is -2.68. The number of carbonyl (C=O) groups excluding carboxylic acids is 3. The Morgan fingerprint density at radius 1 is 0.850 bits per heavy atom. The third kappa shape index (κ3) is 8.32. The normalized spacial score (nSPS) is 11.1. The van der Waals surface area contributed by atoms with E-state index in [9.17, 15) is 27.6 Å². The molecule has 0 fully saturated rings. The number of aryl methyl sites for hydroxylation is 1. The van der Waals surface area contributed by atoms with Crippen LogP contribution < -0.4 is 25.5 Å². The smallest absolute Gasteiger partial charge is 0.418 e. The molecule has 3 aromatic carbocycles. The van der Waals surface area contributed by atoms with E-state index in [1.54, 1.807) is 25.1 Å². The average Bonchev–Trinajstić information content (AvgIpc) is 2.92. The van der Waals surface area contributed by atoms with Gasteiger partial charge in [-0.05, 0) is 60.9 Å². The third-order valence-electron chi connectivity index (χ3n) is 5.37. The second-order valence-corrected chi connectivity index (χ2v) is 8.18. The highest BCUT2D eigenvalue weighted by Crippen LogP contribution is 2.34. The molecule has 0 unspecified atom stereocenters. The van der Waals surface area contributed by atoms with Gasteiger partial charge in [0.15, 0.2) is 18.1 Å². The maximum atomic E-state index is 13.2. The van der Waals surface area contributed by atoms with Gasteiger partial charge in [-0.1, -0.05) is 37.3 Å². The Balaban J connectivity index is 1.59. The molecule has 0 aliphatic rings. The number of para-hydroxylation sites is 2. The fraction of sp³-hybridized carbons (Fsp3) is 0.214. The van der Waals surface area contributed by atoms with E-state index in [0.717, 1.165) is 17.7 Å². The topological polar surface area (TPSA) is 118 Å². The molecule has 0 spiro atoms. The van der Waals surface area contributed by atoms with E-state index < -0.39 is 36.1 Å². The Kier molecular flexibility index (Phi) is 10.2. The molecule has 3 aromatic rings. The summed E-state index contributed by atoms with van der Waals surface area (Å²) in [5.74, 6) is -2.25. The van der Waals surface area contributed by atoms with Crippen LogP contribution in [0.15, 0.2) is 71.8 Å². The Morgan fingerprint density at radius 3 is 2.25 bits per heavy atom. The fourth-order valence-electron chi connectivity index (χ4n) is 3.51. The van der Waals surface area contributed by atoms with Crippen LogP contribution in [0.2, 0.25) is 0 Å². The van der Waals surface area contributed by atoms with Gasteiger partial charge >= 0.3 is 18.0 Å². The van der Waals surface area contributed by atoms with Crippen molar-refractivity contribution in [2.45, 2.75) is 26.4 Å². The first kappa shape index (κ1) is 29.7. The molecule has 0 bridgehead atoms. The number of nitrogens with zero attached hydrogens (tertiary/aromatic N) is 1. The van der Waals surface area contributed by atoms with Gasteiger partial charge in [0.1, 0.15) is 0 Å². The van der Waals surface area contributed by atoms with Crippen molar-refractivity contribution in [3.63, 3.8) is 0 Å². The molecular formula is C28H27F3N4O5. The minimum atomic E-state index is -4.63. The van der Waals surface area contributed by atoms with Gasteiger partial charge in [-0.2, -0.15) is 18.3 Å². The molecule has 40 heavy (non-hydrogen) atoms. The Bertz CT molecular complexity index is 1390. The lowest BCUT2D eigenvalue weighted by molar-refractivity contribution is -0.137. The Morgan fingerprint density at radius 2 is 1.55 bits per heavy atom. The lowest BCUT2D eigenvalue weighted by atomic mass is 10.1. The molecular weight excluding hydrogens is 529 g/mol. The third-order valence-corrected chi connectivity index (χ3v) is 5.37. The molecule has 0 saturated carbocycles. The van der Waals surface area contributed by atoms with Gasteiger partial charge in [-0.15, -0.1) is 0 Å². The minimum Gasteiger partial charge on any atom is -0.490 e. The lowest BCUT2D eigenvalue weighted by Gasteiger charge is -2.15. The van der Waals surface area contributed by atoms with Crippen molar-refractivity contribution < 1.29 is 37.0 Å². The summed E-state index contributed by atoms with van der Waals surface area (Å²) in [7, 11) is 0. The van der Waals surface area contributed by atoms with Crippen molar-refractivity contribution in [3.8, 4) is 11.5 Å². The van der Waals surface area contributed by atoms with Gasteiger partial charge in [-0.25, -0.2) is 5.43 Å². The molecule has 3 N–H and O–H groups in total. The van der Waals surface area contributed by atoms with Crippen LogP contribution in [0.3, 0.4) is 0 Å². The van der Waals surface area contributed by atoms with Crippen LogP contribution in [-0.4, -0.2) is 37.1 Å². The zero-order valence-electron chi connectivity index (χ0n) is 21.7. The van der Waals surface area contributed by atoms with Gasteiger partial charge in [0, 0.05) is 5.69 Å². The van der Waals surface area contributed by atoms with Gasteiger partial charge in [-0.3, -0.25) is 14.4 Å². The van der Waals surface area contributed by atoms with Gasteiger partial charge in [0.05, 0.1) is 24.1 Å². The van der Waals surface area contributed by atoms with Crippen LogP contribution in [0.4, 0.5) is 24.5 Å². The first-order valence-electron chi connectivity index (χ1n) is 12.2. The summed E-state index contributed by atoms with van der Waals surface area (Å²) in [5.41, 5.74) is 2.67. The molecule has 210 valence electrons. The number of ether oxygens (including phenoxy) is 2. The number of hydrazone groups is 1. The monoisotopic (exact) mass is 556 g/mol. The van der Waals surface area contributed by atoms with Crippen LogP contribution in [0.1, 0.15) is 30.5 Å². The van der Waals surface area contributed by atoms with Crippen molar-refractivity contribution in [1.82, 2.24) is 5.43 Å². The summed E-state index contributed by atoms with van der Waals surface area (Å²) < 4.78 is 50.5. The standard InChI is InChI=1S/C28H27F3N4O5/c1-3-19-9-5-7-11-21(19)34-26(37)27(38)35-32-16-18-13-14-23(24(15-18)39-4-2)40-17-25(36)33-22-12-8-6-10-20(22)28(29,30)31/h5-16H,3-4,17H2,1-2H3,(H,33,36)(H,34,37)(H,35,38)/b32-16-. The number of alkyl halides is 3. The number of amides is 3. The highest BCUT2D eigenvalue weighted by Gasteiger charge is 2.33. The van der Waals surface area contributed by atoms with Gasteiger partial charge < -0.3 is 20.1 Å². The van der Waals surface area contributed by atoms with Gasteiger partial charge in [0.2, 0.25) is 0 Å². The number of benzene rings is 3. The SMILES string of the molecule is CCOc1cc(/C=N\NC(=O)C(=O)Nc2ccccc2CC)ccc1OCC(=O)Nc1ccccc1C(F)(F)F. The van der Waals surface area contributed by atoms with E-state index >= 15 is 0 Å². The highest BCUT2D eigenvalue weighted by molar-refractivity contribution is 6.39. The molecule has 0 heterocycles. The Hall–Kier alpha value is -4.87. The molecule has 0 aromatic heterocycles. The van der Waals surface area contributed by atoms with Gasteiger partial charge in [0.25, 0.3) is 5.91 Å². The number of carbonyl (C=O) groups is 3. The first-order valence-corrected chi connectivity index (χ1v) is 12.2. The lowest BCUT2D eigenvalue weighted by Crippen LogP contribution is -2.32. The molecule has 0 aliphatic carbocycles. The highest BCUT2D eigenvalue weighted by atomic mass is 19.4. The minimum absolute atomic E-state index is 0.163. The molecule has 3 amide bonds. The fourth-order valence-corrected chi connectivity index (χ4v) is 3.51. The number of hydrogen-bond donors (Lipinski definition) is 3. The van der Waals surface area contributed by atoms with E-state index in [1.807, 2.05) is 19.1 Å². The van der Waals surface area contributed by atoms with Crippen molar-refractivity contribution >= 4 is 35.3 Å². The second-order valence-electron chi connectivity index (χ2n) is 8.18. The van der Waals surface area contributed by atoms with E-state index in [4.69, 9.17) is 9.47 Å². The quantitative estimate of drug-likeness (QED) is 0.189. The molecule has 0 radical (unpaired) electrons. The molecule has 3 rings (SSSR count). The van der Waals surface area contributed by atoms with Crippen molar-refractivity contribution in [1.29, 1.82) is 0 Å². The summed E-state index contributed by atoms with van der Waals surface area (Å²) in [6.45, 7) is 3.32. The maximum Gasteiger partial charge on any atom is 0.418 e. The molecule has 0 atom stereocenters. The van der Waals surface area contributed by atoms with Crippen molar-refractivity contribution in [2.24, 2.45) is 5.10 Å². The summed E-state index contributed by atoms with van der Waals surface area (Å²) >= 11 is 0. The number of hydrogen-bond acceptors (Lipinski definition) is 6. The maximum absolute atomic E-state index is 13.2. The summed E-state index contributed by atoms with van der Waals surface area (Å²) in [4.78, 5) is 36.6. The molecule has 0 saturated heterocycles. The number of anilines is 2. The second kappa shape index (κ2) is 13.8. The van der Waals surface area contributed by atoms with E-state index in [2.05, 4.69) is 21.2 Å².